The van der Waals surface area contributed by atoms with E-state index in [4.69, 9.17) is 18.9 Å². The van der Waals surface area contributed by atoms with Crippen LogP contribution in [0.25, 0.3) is 0 Å². The minimum Gasteiger partial charge on any atom is -0.348 e. The Bertz CT molecular complexity index is 305. The van der Waals surface area contributed by atoms with Gasteiger partial charge < -0.3 is 24.3 Å². The largest absolute Gasteiger partial charge is 0.348 e. The van der Waals surface area contributed by atoms with Gasteiger partial charge in [-0.1, -0.05) is 0 Å². The average Bonchev–Trinajstić information content (AvgIpc) is 2.96. The molecule has 1 atom stereocenters. The normalized spacial score (nSPS) is 34.1. The van der Waals surface area contributed by atoms with E-state index in [1.54, 1.807) is 0 Å². The summed E-state index contributed by atoms with van der Waals surface area (Å²) in [4.78, 5) is 0. The van der Waals surface area contributed by atoms with Gasteiger partial charge in [0, 0.05) is 25.4 Å². The summed E-state index contributed by atoms with van der Waals surface area (Å²) >= 11 is 0. The minimum absolute atomic E-state index is 0.171. The molecule has 1 aliphatic carbocycles. The molecule has 0 aromatic carbocycles. The highest BCUT2D eigenvalue weighted by Gasteiger charge is 2.40. The average molecular weight is 271 g/mol. The van der Waals surface area contributed by atoms with E-state index in [9.17, 15) is 0 Å². The van der Waals surface area contributed by atoms with Gasteiger partial charge in [-0.25, -0.2) is 0 Å². The van der Waals surface area contributed by atoms with Gasteiger partial charge in [0.15, 0.2) is 11.6 Å². The fourth-order valence-corrected chi connectivity index (χ4v) is 3.21. The lowest BCUT2D eigenvalue weighted by molar-refractivity contribution is -0.179. The van der Waals surface area contributed by atoms with Gasteiger partial charge in [0.25, 0.3) is 0 Å². The number of nitrogens with one attached hydrogen (secondary N) is 1. The van der Waals surface area contributed by atoms with E-state index >= 15 is 0 Å². The van der Waals surface area contributed by atoms with Crippen LogP contribution in [0, 0.1) is 0 Å². The third-order valence-corrected chi connectivity index (χ3v) is 4.26. The lowest BCUT2D eigenvalue weighted by Gasteiger charge is -2.36. The Morgan fingerprint density at radius 2 is 1.74 bits per heavy atom. The van der Waals surface area contributed by atoms with Gasteiger partial charge in [0.1, 0.15) is 0 Å². The zero-order chi connectivity index (χ0) is 13.3. The van der Waals surface area contributed by atoms with Gasteiger partial charge in [-0.3, -0.25) is 0 Å². The number of rotatable bonds is 3. The van der Waals surface area contributed by atoms with E-state index < -0.39 is 5.79 Å². The SMILES string of the molecule is CC1(C)OCC(CNC2CCC3(CC2)OCCO3)O1. The Kier molecular flexibility index (Phi) is 3.84. The molecule has 0 amide bonds. The van der Waals surface area contributed by atoms with E-state index in [-0.39, 0.29) is 11.9 Å². The summed E-state index contributed by atoms with van der Waals surface area (Å²) in [5.74, 6) is -0.679. The summed E-state index contributed by atoms with van der Waals surface area (Å²) in [6.45, 7) is 6.98. The molecular weight excluding hydrogens is 246 g/mol. The second-order valence-corrected chi connectivity index (χ2v) is 6.24. The molecule has 2 saturated heterocycles. The van der Waals surface area contributed by atoms with E-state index in [0.717, 1.165) is 45.4 Å². The molecule has 1 N–H and O–H groups in total. The molecular formula is C14H25NO4. The van der Waals surface area contributed by atoms with Crippen molar-refractivity contribution in [3.05, 3.63) is 0 Å². The summed E-state index contributed by atoms with van der Waals surface area (Å²) in [5.41, 5.74) is 0. The van der Waals surface area contributed by atoms with Crippen molar-refractivity contribution in [1.29, 1.82) is 0 Å². The number of ether oxygens (including phenoxy) is 4. The van der Waals surface area contributed by atoms with Crippen LogP contribution in [0.5, 0.6) is 0 Å². The zero-order valence-electron chi connectivity index (χ0n) is 11.9. The minimum atomic E-state index is -0.422. The standard InChI is InChI=1S/C14H25NO4/c1-13(2)18-10-12(19-13)9-15-11-3-5-14(6-4-11)16-7-8-17-14/h11-12,15H,3-10H2,1-2H3. The molecule has 5 nitrogen and oxygen atoms in total. The molecule has 3 fully saturated rings. The fraction of sp³-hybridized carbons (Fsp3) is 1.00. The lowest BCUT2D eigenvalue weighted by atomic mass is 9.90. The summed E-state index contributed by atoms with van der Waals surface area (Å²) in [6.07, 6.45) is 4.38. The second-order valence-electron chi connectivity index (χ2n) is 6.24. The molecule has 19 heavy (non-hydrogen) atoms. The Balaban J connectivity index is 1.38. The van der Waals surface area contributed by atoms with Crippen molar-refractivity contribution in [2.24, 2.45) is 0 Å². The maximum Gasteiger partial charge on any atom is 0.168 e. The Morgan fingerprint density at radius 3 is 2.32 bits per heavy atom. The topological polar surface area (TPSA) is 49.0 Å². The molecule has 0 aromatic rings. The first-order valence-electron chi connectivity index (χ1n) is 7.40. The van der Waals surface area contributed by atoms with Crippen LogP contribution in [0.4, 0.5) is 0 Å². The molecule has 3 rings (SSSR count). The van der Waals surface area contributed by atoms with Crippen molar-refractivity contribution < 1.29 is 18.9 Å². The quantitative estimate of drug-likeness (QED) is 0.841. The van der Waals surface area contributed by atoms with Crippen LogP contribution >= 0.6 is 0 Å². The molecule has 1 spiro atoms. The first-order valence-corrected chi connectivity index (χ1v) is 7.40. The van der Waals surface area contributed by atoms with Crippen molar-refractivity contribution in [2.75, 3.05) is 26.4 Å². The third-order valence-electron chi connectivity index (χ3n) is 4.26. The van der Waals surface area contributed by atoms with Crippen LogP contribution in [0.3, 0.4) is 0 Å². The second kappa shape index (κ2) is 5.30. The smallest absolute Gasteiger partial charge is 0.168 e. The molecule has 1 saturated carbocycles. The fourth-order valence-electron chi connectivity index (χ4n) is 3.21. The first-order chi connectivity index (χ1) is 9.07. The third kappa shape index (κ3) is 3.28. The highest BCUT2D eigenvalue weighted by Crippen LogP contribution is 2.35. The molecule has 0 bridgehead atoms. The van der Waals surface area contributed by atoms with Crippen LogP contribution in [0.1, 0.15) is 39.5 Å². The molecule has 1 unspecified atom stereocenters. The van der Waals surface area contributed by atoms with Crippen LogP contribution < -0.4 is 5.32 Å². The zero-order valence-corrected chi connectivity index (χ0v) is 11.9. The highest BCUT2D eigenvalue weighted by atomic mass is 16.7. The van der Waals surface area contributed by atoms with Crippen molar-refractivity contribution in [3.63, 3.8) is 0 Å². The van der Waals surface area contributed by atoms with E-state index in [2.05, 4.69) is 5.32 Å². The molecule has 2 aliphatic heterocycles. The van der Waals surface area contributed by atoms with Crippen LogP contribution in [-0.4, -0.2) is 50.1 Å². The number of hydrogen-bond acceptors (Lipinski definition) is 5. The van der Waals surface area contributed by atoms with Crippen LogP contribution in [0.15, 0.2) is 0 Å². The van der Waals surface area contributed by atoms with Crippen molar-refractivity contribution in [2.45, 2.75) is 63.3 Å². The maximum atomic E-state index is 5.80. The van der Waals surface area contributed by atoms with Gasteiger partial charge in [-0.05, 0) is 26.7 Å². The first kappa shape index (κ1) is 13.8. The summed E-state index contributed by atoms with van der Waals surface area (Å²) in [7, 11) is 0. The van der Waals surface area contributed by atoms with Gasteiger partial charge in [-0.2, -0.15) is 0 Å². The van der Waals surface area contributed by atoms with Crippen molar-refractivity contribution >= 4 is 0 Å². The van der Waals surface area contributed by atoms with E-state index in [1.165, 1.54) is 0 Å². The Labute approximate surface area is 114 Å². The van der Waals surface area contributed by atoms with Gasteiger partial charge >= 0.3 is 0 Å². The molecule has 110 valence electrons. The molecule has 3 aliphatic rings. The van der Waals surface area contributed by atoms with E-state index in [0.29, 0.717) is 12.6 Å². The van der Waals surface area contributed by atoms with Crippen LogP contribution in [0.2, 0.25) is 0 Å². The van der Waals surface area contributed by atoms with Crippen LogP contribution in [-0.2, 0) is 18.9 Å². The van der Waals surface area contributed by atoms with Gasteiger partial charge in [0.2, 0.25) is 0 Å². The van der Waals surface area contributed by atoms with Gasteiger partial charge in [-0.15, -0.1) is 0 Å². The molecule has 0 aromatic heterocycles. The molecule has 0 radical (unpaired) electrons. The van der Waals surface area contributed by atoms with Crippen molar-refractivity contribution in [3.8, 4) is 0 Å². The van der Waals surface area contributed by atoms with E-state index in [1.807, 2.05) is 13.8 Å². The lowest BCUT2D eigenvalue weighted by Crippen LogP contribution is -2.44. The maximum absolute atomic E-state index is 5.80. The number of hydrogen-bond donors (Lipinski definition) is 1. The summed E-state index contributed by atoms with van der Waals surface area (Å²) in [6, 6.07) is 0.547. The Hall–Kier alpha value is -0.200. The monoisotopic (exact) mass is 271 g/mol. The highest BCUT2D eigenvalue weighted by molar-refractivity contribution is 4.86. The Morgan fingerprint density at radius 1 is 1.05 bits per heavy atom. The van der Waals surface area contributed by atoms with Crippen molar-refractivity contribution in [1.82, 2.24) is 5.32 Å². The van der Waals surface area contributed by atoms with Gasteiger partial charge in [0.05, 0.1) is 25.9 Å². The summed E-state index contributed by atoms with van der Waals surface area (Å²) in [5, 5.41) is 3.59. The molecule has 2 heterocycles. The predicted octanol–water partition coefficient (Wildman–Crippen LogP) is 1.41. The summed E-state index contributed by atoms with van der Waals surface area (Å²) < 4.78 is 22.8. The molecule has 5 heteroatoms. The predicted molar refractivity (Wildman–Crippen MR) is 69.8 cm³/mol.